The minimum absolute atomic E-state index is 0.0718. The quantitative estimate of drug-likeness (QED) is 0.590. The summed E-state index contributed by atoms with van der Waals surface area (Å²) in [5.74, 6) is -3.04. The van der Waals surface area contributed by atoms with Crippen LogP contribution < -0.4 is 0 Å². The largest absolute Gasteiger partial charge is 0.481 e. The Kier molecular flexibility index (Phi) is 6.06. The fraction of sp³-hybridized carbons (Fsp3) is 0.773. The van der Waals surface area contributed by atoms with Crippen molar-refractivity contribution >= 4 is 29.5 Å². The van der Waals surface area contributed by atoms with Crippen LogP contribution in [-0.2, 0) is 14.4 Å². The van der Waals surface area contributed by atoms with Gasteiger partial charge >= 0.3 is 5.97 Å². The number of likely N-dealkylation sites (tertiary alicyclic amines) is 1. The number of nitrogens with zero attached hydrogens (tertiary/aromatic N) is 2. The van der Waals surface area contributed by atoms with Crippen LogP contribution in [0.2, 0.25) is 0 Å². The van der Waals surface area contributed by atoms with E-state index in [1.54, 1.807) is 15.9 Å². The first-order valence-electron chi connectivity index (χ1n) is 10.7. The van der Waals surface area contributed by atoms with Crippen molar-refractivity contribution in [2.75, 3.05) is 13.2 Å². The van der Waals surface area contributed by atoms with Gasteiger partial charge in [-0.3, -0.25) is 14.4 Å². The zero-order valence-electron chi connectivity index (χ0n) is 18.5. The summed E-state index contributed by atoms with van der Waals surface area (Å²) < 4.78 is -0.755. The van der Waals surface area contributed by atoms with Gasteiger partial charge in [-0.15, -0.1) is 18.3 Å². The van der Waals surface area contributed by atoms with Gasteiger partial charge in [-0.25, -0.2) is 0 Å². The number of carbonyl (C=O) groups excluding carboxylic acids is 2. The van der Waals surface area contributed by atoms with Gasteiger partial charge in [-0.2, -0.15) is 0 Å². The fourth-order valence-electron chi connectivity index (χ4n) is 5.60. The molecule has 7 nitrogen and oxygen atoms in total. The van der Waals surface area contributed by atoms with Gasteiger partial charge in [-0.1, -0.05) is 19.9 Å². The molecule has 0 aromatic heterocycles. The van der Waals surface area contributed by atoms with E-state index in [1.807, 2.05) is 34.6 Å². The molecule has 0 aromatic rings. The zero-order valence-corrected chi connectivity index (χ0v) is 19.3. The molecule has 2 unspecified atom stereocenters. The van der Waals surface area contributed by atoms with Gasteiger partial charge in [0.2, 0.25) is 11.8 Å². The molecular weight excluding hydrogens is 404 g/mol. The molecule has 3 rings (SSSR count). The number of carbonyl (C=O) groups is 3. The molecule has 8 heteroatoms. The van der Waals surface area contributed by atoms with Gasteiger partial charge in [0, 0.05) is 17.3 Å². The Morgan fingerprint density at radius 1 is 1.40 bits per heavy atom. The molecule has 2 N–H and O–H groups in total. The van der Waals surface area contributed by atoms with E-state index in [1.165, 1.54) is 11.8 Å². The van der Waals surface area contributed by atoms with Crippen LogP contribution >= 0.6 is 11.8 Å². The summed E-state index contributed by atoms with van der Waals surface area (Å²) in [5.41, 5.74) is -0.491. The second kappa shape index (κ2) is 7.86. The second-order valence-corrected chi connectivity index (χ2v) is 11.6. The summed E-state index contributed by atoms with van der Waals surface area (Å²) in [4.78, 5) is 43.1. The second-order valence-electron chi connectivity index (χ2n) is 10.0. The molecule has 3 aliphatic heterocycles. The van der Waals surface area contributed by atoms with Gasteiger partial charge in [0.1, 0.15) is 6.04 Å². The Morgan fingerprint density at radius 2 is 2.03 bits per heavy atom. The first-order valence-corrected chi connectivity index (χ1v) is 11.6. The molecule has 2 amide bonds. The Morgan fingerprint density at radius 3 is 2.50 bits per heavy atom. The van der Waals surface area contributed by atoms with Gasteiger partial charge < -0.3 is 20.0 Å². The van der Waals surface area contributed by atoms with E-state index in [9.17, 15) is 24.6 Å². The third kappa shape index (κ3) is 3.27. The molecule has 30 heavy (non-hydrogen) atoms. The van der Waals surface area contributed by atoms with Crippen LogP contribution in [0.3, 0.4) is 0 Å². The van der Waals surface area contributed by atoms with Crippen molar-refractivity contribution < 1.29 is 24.6 Å². The number of carboxylic acids is 1. The normalized spacial score (nSPS) is 33.7. The Balaban J connectivity index is 2.15. The maximum Gasteiger partial charge on any atom is 0.308 e. The summed E-state index contributed by atoms with van der Waals surface area (Å²) in [6.45, 7) is 13.5. The van der Waals surface area contributed by atoms with E-state index in [4.69, 9.17) is 0 Å². The van der Waals surface area contributed by atoms with Crippen molar-refractivity contribution in [2.45, 2.75) is 75.1 Å². The van der Waals surface area contributed by atoms with Gasteiger partial charge in [-0.05, 0) is 39.5 Å². The molecule has 3 aliphatic rings. The maximum absolute atomic E-state index is 14.0. The molecule has 0 aliphatic carbocycles. The summed E-state index contributed by atoms with van der Waals surface area (Å²) in [6.07, 6.45) is 2.99. The molecule has 3 saturated heterocycles. The number of aliphatic hydroxyl groups is 1. The molecule has 2 bridgehead atoms. The van der Waals surface area contributed by atoms with Crippen molar-refractivity contribution in [3.8, 4) is 0 Å². The average Bonchev–Trinajstić information content (AvgIpc) is 3.26. The van der Waals surface area contributed by atoms with Gasteiger partial charge in [0.25, 0.3) is 0 Å². The number of rotatable bonds is 7. The van der Waals surface area contributed by atoms with Crippen LogP contribution in [-0.4, -0.2) is 78.6 Å². The maximum atomic E-state index is 14.0. The van der Waals surface area contributed by atoms with E-state index in [2.05, 4.69) is 6.58 Å². The first-order chi connectivity index (χ1) is 13.9. The lowest BCUT2D eigenvalue weighted by Crippen LogP contribution is -2.61. The van der Waals surface area contributed by atoms with Crippen LogP contribution in [0.25, 0.3) is 0 Å². The van der Waals surface area contributed by atoms with Crippen LogP contribution in [0.15, 0.2) is 12.7 Å². The van der Waals surface area contributed by atoms with Crippen molar-refractivity contribution in [3.05, 3.63) is 12.7 Å². The SMILES string of the molecule is C=CCN(C(=O)C1N([C@@H](CO)C(C)C)C(=O)[C@@H]2[C@@H](C(=O)O)[C@H]3CCC12S3)C(C)(C)C. The molecule has 3 heterocycles. The van der Waals surface area contributed by atoms with E-state index in [0.29, 0.717) is 19.4 Å². The number of amides is 2. The molecule has 168 valence electrons. The molecule has 0 aromatic carbocycles. The fourth-order valence-corrected chi connectivity index (χ4v) is 7.79. The molecule has 0 radical (unpaired) electrons. The van der Waals surface area contributed by atoms with E-state index in [0.717, 1.165) is 0 Å². The molecular formula is C22H34N2O5S. The molecule has 0 saturated carbocycles. The smallest absolute Gasteiger partial charge is 0.308 e. The summed E-state index contributed by atoms with van der Waals surface area (Å²) in [6, 6.07) is -1.32. The zero-order chi connectivity index (χ0) is 22.6. The number of thioether (sulfide) groups is 1. The minimum Gasteiger partial charge on any atom is -0.481 e. The number of aliphatic hydroxyl groups excluding tert-OH is 1. The lowest BCUT2D eigenvalue weighted by molar-refractivity contribution is -0.151. The molecule has 6 atom stereocenters. The highest BCUT2D eigenvalue weighted by Gasteiger charge is 2.74. The van der Waals surface area contributed by atoms with Crippen LogP contribution in [0.4, 0.5) is 0 Å². The average molecular weight is 439 g/mol. The predicted molar refractivity (Wildman–Crippen MR) is 116 cm³/mol. The Bertz CT molecular complexity index is 748. The summed E-state index contributed by atoms with van der Waals surface area (Å²) >= 11 is 1.52. The van der Waals surface area contributed by atoms with Crippen molar-refractivity contribution in [1.29, 1.82) is 0 Å². The molecule has 1 spiro atoms. The van der Waals surface area contributed by atoms with E-state index in [-0.39, 0.29) is 29.6 Å². The minimum atomic E-state index is -0.968. The van der Waals surface area contributed by atoms with E-state index >= 15 is 0 Å². The summed E-state index contributed by atoms with van der Waals surface area (Å²) in [5, 5.41) is 19.9. The first kappa shape index (κ1) is 23.1. The van der Waals surface area contributed by atoms with Crippen LogP contribution in [0.5, 0.6) is 0 Å². The third-order valence-corrected chi connectivity index (χ3v) is 8.91. The Labute approximate surface area is 182 Å². The van der Waals surface area contributed by atoms with Crippen molar-refractivity contribution in [3.63, 3.8) is 0 Å². The standard InChI is InChI=1S/C22H34N2O5S/c1-7-10-23(21(4,5)6)19(27)17-22-9-8-14(30-22)15(20(28)29)16(22)18(26)24(17)13(11-25)12(2)3/h7,12-17,25H,1,8-11H2,2-6H3,(H,28,29)/t13-,14+,15-,16-,17?,22?/m0/s1. The molecule has 3 fully saturated rings. The number of fused-ring (bicyclic) bond motifs is 1. The highest BCUT2D eigenvalue weighted by molar-refractivity contribution is 8.02. The monoisotopic (exact) mass is 438 g/mol. The van der Waals surface area contributed by atoms with Crippen LogP contribution in [0, 0.1) is 17.8 Å². The number of hydrogen-bond acceptors (Lipinski definition) is 5. The topological polar surface area (TPSA) is 98.2 Å². The highest BCUT2D eigenvalue weighted by Crippen LogP contribution is 2.67. The van der Waals surface area contributed by atoms with Gasteiger partial charge in [0.15, 0.2) is 0 Å². The third-order valence-electron chi connectivity index (χ3n) is 6.96. The lowest BCUT2D eigenvalue weighted by atomic mass is 9.71. The highest BCUT2D eigenvalue weighted by atomic mass is 32.2. The van der Waals surface area contributed by atoms with Crippen molar-refractivity contribution in [1.82, 2.24) is 9.80 Å². The lowest BCUT2D eigenvalue weighted by Gasteiger charge is -2.44. The van der Waals surface area contributed by atoms with Crippen LogP contribution in [0.1, 0.15) is 47.5 Å². The Hall–Kier alpha value is -1.54. The number of hydrogen-bond donors (Lipinski definition) is 2. The summed E-state index contributed by atoms with van der Waals surface area (Å²) in [7, 11) is 0. The number of aliphatic carboxylic acids is 1. The number of carboxylic acid groups (broad SMARTS) is 1. The van der Waals surface area contributed by atoms with E-state index < -0.39 is 40.2 Å². The van der Waals surface area contributed by atoms with Crippen molar-refractivity contribution in [2.24, 2.45) is 17.8 Å². The predicted octanol–water partition coefficient (Wildman–Crippen LogP) is 1.99. The van der Waals surface area contributed by atoms with Gasteiger partial charge in [0.05, 0.1) is 29.2 Å².